The zero-order valence-corrected chi connectivity index (χ0v) is 17.1. The molecule has 0 aliphatic rings. The standard InChI is InChI=1S/C21H24N2O4S/c1-4-12(2)9-16-13(3)28-20-18(16)19(25)22-17(23-20)11-27-21(26)15-7-5-14(10-24)6-8-15/h5-8,12,24H,4,9-11H2,1-3H3,(H,22,23,25)/t12-/m0/s1. The SMILES string of the molecule is CC[C@H](C)Cc1c(C)sc2nc(COC(=O)c3ccc(CO)cc3)[nH]c(=O)c12. The molecule has 0 unspecified atom stereocenters. The van der Waals surface area contributed by atoms with Crippen molar-refractivity contribution in [3.63, 3.8) is 0 Å². The van der Waals surface area contributed by atoms with Crippen LogP contribution in [0, 0.1) is 12.8 Å². The van der Waals surface area contributed by atoms with Crippen LogP contribution >= 0.6 is 11.3 Å². The molecule has 1 atom stereocenters. The van der Waals surface area contributed by atoms with Crippen molar-refractivity contribution in [3.05, 3.63) is 62.0 Å². The Kier molecular flexibility index (Phi) is 6.26. The highest BCUT2D eigenvalue weighted by atomic mass is 32.1. The smallest absolute Gasteiger partial charge is 0.338 e. The summed E-state index contributed by atoms with van der Waals surface area (Å²) in [7, 11) is 0. The molecule has 0 spiro atoms. The molecular formula is C21H24N2O4S. The van der Waals surface area contributed by atoms with Gasteiger partial charge in [0.15, 0.2) is 0 Å². The molecule has 0 amide bonds. The average molecular weight is 401 g/mol. The number of hydrogen-bond acceptors (Lipinski definition) is 6. The van der Waals surface area contributed by atoms with E-state index < -0.39 is 5.97 Å². The molecule has 0 radical (unpaired) electrons. The molecule has 0 saturated heterocycles. The fraction of sp³-hybridized carbons (Fsp3) is 0.381. The number of benzene rings is 1. The van der Waals surface area contributed by atoms with E-state index in [1.54, 1.807) is 24.3 Å². The molecule has 3 aromatic rings. The Labute approximate surface area is 167 Å². The number of hydrogen-bond donors (Lipinski definition) is 2. The number of H-pyrrole nitrogens is 1. The van der Waals surface area contributed by atoms with Gasteiger partial charge in [-0.1, -0.05) is 32.4 Å². The molecule has 0 saturated carbocycles. The number of aromatic nitrogens is 2. The van der Waals surface area contributed by atoms with E-state index in [1.807, 2.05) is 6.92 Å². The van der Waals surface area contributed by atoms with E-state index in [1.165, 1.54) is 11.3 Å². The summed E-state index contributed by atoms with van der Waals surface area (Å²) in [5.41, 5.74) is 1.97. The lowest BCUT2D eigenvalue weighted by molar-refractivity contribution is 0.0462. The fourth-order valence-electron chi connectivity index (χ4n) is 2.99. The van der Waals surface area contributed by atoms with Gasteiger partial charge in [0.25, 0.3) is 5.56 Å². The molecule has 0 aliphatic heterocycles. The largest absolute Gasteiger partial charge is 0.454 e. The number of nitrogens with one attached hydrogen (secondary N) is 1. The minimum absolute atomic E-state index is 0.0836. The van der Waals surface area contributed by atoms with Gasteiger partial charge < -0.3 is 14.8 Å². The van der Waals surface area contributed by atoms with Crippen LogP contribution in [0.25, 0.3) is 10.2 Å². The summed E-state index contributed by atoms with van der Waals surface area (Å²) in [6, 6.07) is 6.51. The van der Waals surface area contributed by atoms with Crippen molar-refractivity contribution in [1.29, 1.82) is 0 Å². The van der Waals surface area contributed by atoms with Crippen LogP contribution in [0.2, 0.25) is 0 Å². The molecule has 1 aromatic carbocycles. The molecule has 2 aromatic heterocycles. The second-order valence-electron chi connectivity index (χ2n) is 6.98. The number of carbonyl (C=O) groups is 1. The molecule has 148 valence electrons. The molecule has 2 heterocycles. The van der Waals surface area contributed by atoms with E-state index in [0.717, 1.165) is 23.3 Å². The molecule has 0 aliphatic carbocycles. The van der Waals surface area contributed by atoms with Crippen LogP contribution in [0.1, 0.15) is 52.5 Å². The number of nitrogens with zero attached hydrogens (tertiary/aromatic N) is 1. The number of aryl methyl sites for hydroxylation is 1. The Hall–Kier alpha value is -2.51. The fourth-order valence-corrected chi connectivity index (χ4v) is 4.06. The molecule has 0 fully saturated rings. The van der Waals surface area contributed by atoms with Gasteiger partial charge in [-0.05, 0) is 42.5 Å². The predicted octanol–water partition coefficient (Wildman–Crippen LogP) is 3.73. The lowest BCUT2D eigenvalue weighted by Gasteiger charge is -2.08. The van der Waals surface area contributed by atoms with Gasteiger partial charge in [-0.2, -0.15) is 0 Å². The van der Waals surface area contributed by atoms with Gasteiger partial charge in [0.1, 0.15) is 17.3 Å². The minimum atomic E-state index is -0.507. The first-order valence-electron chi connectivity index (χ1n) is 9.31. The van der Waals surface area contributed by atoms with Crippen LogP contribution in [0.15, 0.2) is 29.1 Å². The number of fused-ring (bicyclic) bond motifs is 1. The van der Waals surface area contributed by atoms with Crippen molar-refractivity contribution >= 4 is 27.5 Å². The van der Waals surface area contributed by atoms with E-state index in [4.69, 9.17) is 9.84 Å². The van der Waals surface area contributed by atoms with Crippen molar-refractivity contribution < 1.29 is 14.6 Å². The maximum atomic E-state index is 12.6. The summed E-state index contributed by atoms with van der Waals surface area (Å²) in [5.74, 6) is 0.315. The summed E-state index contributed by atoms with van der Waals surface area (Å²) >= 11 is 1.50. The summed E-state index contributed by atoms with van der Waals surface area (Å²) in [5, 5.41) is 9.71. The molecule has 7 heteroatoms. The van der Waals surface area contributed by atoms with Crippen LogP contribution in [0.5, 0.6) is 0 Å². The van der Waals surface area contributed by atoms with Gasteiger partial charge in [-0.15, -0.1) is 11.3 Å². The van der Waals surface area contributed by atoms with Crippen molar-refractivity contribution in [3.8, 4) is 0 Å². The lowest BCUT2D eigenvalue weighted by Crippen LogP contribution is -2.15. The number of aliphatic hydroxyl groups is 1. The third-order valence-electron chi connectivity index (χ3n) is 4.87. The molecule has 0 bridgehead atoms. The first-order chi connectivity index (χ1) is 13.4. The summed E-state index contributed by atoms with van der Waals surface area (Å²) in [6.45, 7) is 6.13. The van der Waals surface area contributed by atoms with E-state index >= 15 is 0 Å². The summed E-state index contributed by atoms with van der Waals surface area (Å²) in [4.78, 5) is 33.8. The normalized spacial score (nSPS) is 12.3. The van der Waals surface area contributed by atoms with E-state index in [0.29, 0.717) is 33.1 Å². The number of rotatable bonds is 7. The van der Waals surface area contributed by atoms with Gasteiger partial charge >= 0.3 is 5.97 Å². The first kappa shape index (κ1) is 20.2. The summed E-state index contributed by atoms with van der Waals surface area (Å²) < 4.78 is 5.28. The average Bonchev–Trinajstić information content (AvgIpc) is 3.01. The number of aliphatic hydroxyl groups excluding tert-OH is 1. The predicted molar refractivity (Wildman–Crippen MR) is 110 cm³/mol. The Morgan fingerprint density at radius 3 is 2.68 bits per heavy atom. The second-order valence-corrected chi connectivity index (χ2v) is 8.18. The second kappa shape index (κ2) is 8.67. The number of ether oxygens (including phenoxy) is 1. The van der Waals surface area contributed by atoms with Crippen molar-refractivity contribution in [1.82, 2.24) is 9.97 Å². The van der Waals surface area contributed by atoms with E-state index in [9.17, 15) is 9.59 Å². The van der Waals surface area contributed by atoms with Gasteiger partial charge in [0.05, 0.1) is 17.6 Å². The third-order valence-corrected chi connectivity index (χ3v) is 5.91. The zero-order chi connectivity index (χ0) is 20.3. The maximum absolute atomic E-state index is 12.6. The van der Waals surface area contributed by atoms with Crippen LogP contribution in [-0.4, -0.2) is 21.0 Å². The number of carbonyl (C=O) groups excluding carboxylic acids is 1. The van der Waals surface area contributed by atoms with Gasteiger partial charge in [-0.3, -0.25) is 4.79 Å². The Morgan fingerprint density at radius 1 is 1.32 bits per heavy atom. The zero-order valence-electron chi connectivity index (χ0n) is 16.2. The number of thiophene rings is 1. The first-order valence-corrected chi connectivity index (χ1v) is 10.1. The molecule has 3 rings (SSSR count). The van der Waals surface area contributed by atoms with Gasteiger partial charge in [0, 0.05) is 4.88 Å². The Morgan fingerprint density at radius 2 is 2.04 bits per heavy atom. The molecule has 28 heavy (non-hydrogen) atoms. The van der Waals surface area contributed by atoms with Crippen molar-refractivity contribution in [2.45, 2.75) is 46.8 Å². The Bertz CT molecular complexity index is 1040. The van der Waals surface area contributed by atoms with Crippen LogP contribution in [-0.2, 0) is 24.4 Å². The Balaban J connectivity index is 1.78. The highest BCUT2D eigenvalue weighted by Crippen LogP contribution is 2.29. The van der Waals surface area contributed by atoms with Crippen LogP contribution < -0.4 is 5.56 Å². The topological polar surface area (TPSA) is 92.3 Å². The van der Waals surface area contributed by atoms with Crippen molar-refractivity contribution in [2.75, 3.05) is 0 Å². The lowest BCUT2D eigenvalue weighted by atomic mass is 9.98. The molecular weight excluding hydrogens is 376 g/mol. The quantitative estimate of drug-likeness (QED) is 0.590. The minimum Gasteiger partial charge on any atom is -0.454 e. The maximum Gasteiger partial charge on any atom is 0.338 e. The monoisotopic (exact) mass is 400 g/mol. The highest BCUT2D eigenvalue weighted by Gasteiger charge is 2.17. The van der Waals surface area contributed by atoms with Crippen molar-refractivity contribution in [2.24, 2.45) is 5.92 Å². The van der Waals surface area contributed by atoms with E-state index in [2.05, 4.69) is 23.8 Å². The summed E-state index contributed by atoms with van der Waals surface area (Å²) in [6.07, 6.45) is 1.90. The molecule has 2 N–H and O–H groups in total. The van der Waals surface area contributed by atoms with Crippen LogP contribution in [0.4, 0.5) is 0 Å². The van der Waals surface area contributed by atoms with Crippen LogP contribution in [0.3, 0.4) is 0 Å². The van der Waals surface area contributed by atoms with Gasteiger partial charge in [-0.25, -0.2) is 9.78 Å². The molecule has 6 nitrogen and oxygen atoms in total. The highest BCUT2D eigenvalue weighted by molar-refractivity contribution is 7.18. The number of esters is 1. The third kappa shape index (κ3) is 4.31. The van der Waals surface area contributed by atoms with E-state index in [-0.39, 0.29) is 18.8 Å². The number of aromatic amines is 1. The van der Waals surface area contributed by atoms with Gasteiger partial charge in [0.2, 0.25) is 0 Å².